The summed E-state index contributed by atoms with van der Waals surface area (Å²) in [6.45, 7) is -0.342. The summed E-state index contributed by atoms with van der Waals surface area (Å²) in [5.74, 6) is -0.656. The third-order valence-electron chi connectivity index (χ3n) is 2.85. The van der Waals surface area contributed by atoms with Gasteiger partial charge in [-0.15, -0.1) is 0 Å². The van der Waals surface area contributed by atoms with E-state index in [1.165, 1.54) is 24.3 Å². The molecule has 0 aliphatic heterocycles. The molecule has 124 valence electrons. The van der Waals surface area contributed by atoms with Gasteiger partial charge in [-0.3, -0.25) is 35.5 Å². The third-order valence-corrected chi connectivity index (χ3v) is 2.85. The Hall–Kier alpha value is -3.49. The molecule has 0 unspecified atom stereocenters. The van der Waals surface area contributed by atoms with Crippen LogP contribution in [0.25, 0.3) is 0 Å². The fraction of sp³-hybridized carbons (Fsp3) is 0.133. The van der Waals surface area contributed by atoms with E-state index in [0.29, 0.717) is 11.3 Å². The molecule has 9 nitrogen and oxygen atoms in total. The lowest BCUT2D eigenvalue weighted by atomic mass is 10.2. The van der Waals surface area contributed by atoms with Gasteiger partial charge in [0.2, 0.25) is 5.91 Å². The molecule has 0 fully saturated rings. The number of hydrogen-bond acceptors (Lipinski definition) is 6. The lowest BCUT2D eigenvalue weighted by molar-refractivity contribution is -0.384. The molecule has 2 amide bonds. The van der Waals surface area contributed by atoms with E-state index in [1.54, 1.807) is 24.5 Å². The number of hydrazine groups is 1. The number of benzene rings is 1. The first-order valence-corrected chi connectivity index (χ1v) is 6.88. The number of ether oxygens (including phenoxy) is 1. The van der Waals surface area contributed by atoms with Gasteiger partial charge in [0.05, 0.1) is 11.3 Å². The van der Waals surface area contributed by atoms with Crippen molar-refractivity contribution in [3.8, 4) is 5.75 Å². The molecule has 2 N–H and O–H groups in total. The summed E-state index contributed by atoms with van der Waals surface area (Å²) in [7, 11) is 0. The molecule has 1 aromatic heterocycles. The lowest BCUT2D eigenvalue weighted by Crippen LogP contribution is -2.44. The molecule has 1 heterocycles. The van der Waals surface area contributed by atoms with Crippen molar-refractivity contribution in [3.63, 3.8) is 0 Å². The average Bonchev–Trinajstić information content (AvgIpc) is 2.59. The maximum atomic E-state index is 11.6. The van der Waals surface area contributed by atoms with Gasteiger partial charge in [0.15, 0.2) is 6.61 Å². The standard InChI is InChI=1S/C15H14N4O5/c20-14(8-11-2-1-7-16-9-11)17-18-15(21)10-24-13-5-3-12(4-6-13)19(22)23/h1-7,9H,8,10H2,(H,17,20)(H,18,21). The van der Waals surface area contributed by atoms with Gasteiger partial charge < -0.3 is 4.74 Å². The summed E-state index contributed by atoms with van der Waals surface area (Å²) in [4.78, 5) is 37.1. The number of pyridine rings is 1. The van der Waals surface area contributed by atoms with Crippen molar-refractivity contribution in [1.82, 2.24) is 15.8 Å². The van der Waals surface area contributed by atoms with Crippen LogP contribution in [0.4, 0.5) is 5.69 Å². The second-order valence-electron chi connectivity index (χ2n) is 4.67. The van der Waals surface area contributed by atoms with Crippen LogP contribution >= 0.6 is 0 Å². The van der Waals surface area contributed by atoms with E-state index in [1.807, 2.05) is 0 Å². The minimum atomic E-state index is -0.562. The van der Waals surface area contributed by atoms with Crippen LogP contribution in [0.2, 0.25) is 0 Å². The largest absolute Gasteiger partial charge is 0.484 e. The Kier molecular flexibility index (Phi) is 5.78. The predicted octanol–water partition coefficient (Wildman–Crippen LogP) is 0.759. The van der Waals surface area contributed by atoms with E-state index in [9.17, 15) is 19.7 Å². The Bertz CT molecular complexity index is 718. The molecule has 24 heavy (non-hydrogen) atoms. The summed E-state index contributed by atoms with van der Waals surface area (Å²) in [6, 6.07) is 8.75. The van der Waals surface area contributed by atoms with Gasteiger partial charge >= 0.3 is 0 Å². The van der Waals surface area contributed by atoms with Gasteiger partial charge in [0, 0.05) is 24.5 Å². The number of amides is 2. The van der Waals surface area contributed by atoms with Crippen molar-refractivity contribution in [3.05, 3.63) is 64.5 Å². The summed E-state index contributed by atoms with van der Waals surface area (Å²) in [5.41, 5.74) is 5.11. The van der Waals surface area contributed by atoms with Gasteiger partial charge in [-0.2, -0.15) is 0 Å². The molecule has 0 atom stereocenters. The van der Waals surface area contributed by atoms with Gasteiger partial charge in [-0.25, -0.2) is 0 Å². The number of nitro groups is 1. The Morgan fingerprint density at radius 1 is 1.12 bits per heavy atom. The summed E-state index contributed by atoms with van der Waals surface area (Å²) in [6.07, 6.45) is 3.23. The van der Waals surface area contributed by atoms with E-state index in [-0.39, 0.29) is 18.7 Å². The number of carbonyl (C=O) groups excluding carboxylic acids is 2. The maximum Gasteiger partial charge on any atom is 0.276 e. The second kappa shape index (κ2) is 8.22. The molecule has 0 spiro atoms. The van der Waals surface area contributed by atoms with Crippen LogP contribution in [0.3, 0.4) is 0 Å². The molecule has 2 aromatic rings. The topological polar surface area (TPSA) is 123 Å². The number of nitrogens with zero attached hydrogens (tertiary/aromatic N) is 2. The SMILES string of the molecule is O=C(COc1ccc([N+](=O)[O-])cc1)NNC(=O)Cc1cccnc1. The van der Waals surface area contributed by atoms with Crippen LogP contribution < -0.4 is 15.6 Å². The number of nitrogens with one attached hydrogen (secondary N) is 2. The van der Waals surface area contributed by atoms with Crippen LogP contribution in [0.1, 0.15) is 5.56 Å². The van der Waals surface area contributed by atoms with Crippen molar-refractivity contribution >= 4 is 17.5 Å². The number of hydrogen-bond donors (Lipinski definition) is 2. The molecule has 2 rings (SSSR count). The highest BCUT2D eigenvalue weighted by atomic mass is 16.6. The molecular formula is C15H14N4O5. The third kappa shape index (κ3) is 5.37. The van der Waals surface area contributed by atoms with E-state index < -0.39 is 16.7 Å². The maximum absolute atomic E-state index is 11.6. The zero-order valence-corrected chi connectivity index (χ0v) is 12.5. The number of nitro benzene ring substituents is 1. The Morgan fingerprint density at radius 3 is 2.46 bits per heavy atom. The first-order valence-electron chi connectivity index (χ1n) is 6.88. The first kappa shape index (κ1) is 16.9. The predicted molar refractivity (Wildman–Crippen MR) is 82.8 cm³/mol. The minimum absolute atomic E-state index is 0.0746. The Labute approximate surface area is 136 Å². The first-order chi connectivity index (χ1) is 11.5. The lowest BCUT2D eigenvalue weighted by Gasteiger charge is -2.08. The molecule has 0 aliphatic rings. The molecule has 0 bridgehead atoms. The molecular weight excluding hydrogens is 316 g/mol. The van der Waals surface area contributed by atoms with E-state index in [2.05, 4.69) is 15.8 Å². The molecule has 9 heteroatoms. The monoisotopic (exact) mass is 330 g/mol. The number of rotatable bonds is 6. The van der Waals surface area contributed by atoms with Crippen molar-refractivity contribution in [2.75, 3.05) is 6.61 Å². The number of carbonyl (C=O) groups is 2. The molecule has 1 aromatic carbocycles. The average molecular weight is 330 g/mol. The normalized spacial score (nSPS) is 9.83. The molecule has 0 radical (unpaired) electrons. The summed E-state index contributed by atoms with van der Waals surface area (Å²) in [5, 5.41) is 10.5. The fourth-order valence-electron chi connectivity index (χ4n) is 1.72. The van der Waals surface area contributed by atoms with E-state index in [0.717, 1.165) is 0 Å². The highest BCUT2D eigenvalue weighted by molar-refractivity contribution is 5.83. The molecule has 0 saturated heterocycles. The quantitative estimate of drug-likeness (QED) is 0.595. The number of aromatic nitrogens is 1. The fourth-order valence-corrected chi connectivity index (χ4v) is 1.72. The van der Waals surface area contributed by atoms with Crippen LogP contribution in [0.15, 0.2) is 48.8 Å². The molecule has 0 aliphatic carbocycles. The summed E-state index contributed by atoms with van der Waals surface area (Å²) < 4.78 is 5.16. The van der Waals surface area contributed by atoms with Crippen molar-refractivity contribution in [2.24, 2.45) is 0 Å². The van der Waals surface area contributed by atoms with Crippen LogP contribution in [0, 0.1) is 10.1 Å². The van der Waals surface area contributed by atoms with Crippen molar-refractivity contribution in [1.29, 1.82) is 0 Å². The van der Waals surface area contributed by atoms with Crippen molar-refractivity contribution in [2.45, 2.75) is 6.42 Å². The molecule has 0 saturated carbocycles. The van der Waals surface area contributed by atoms with E-state index >= 15 is 0 Å². The Morgan fingerprint density at radius 2 is 1.83 bits per heavy atom. The smallest absolute Gasteiger partial charge is 0.276 e. The van der Waals surface area contributed by atoms with Crippen LogP contribution in [-0.4, -0.2) is 28.3 Å². The number of non-ortho nitro benzene ring substituents is 1. The van der Waals surface area contributed by atoms with Crippen molar-refractivity contribution < 1.29 is 19.2 Å². The Balaban J connectivity index is 1.71. The highest BCUT2D eigenvalue weighted by Crippen LogP contribution is 2.16. The highest BCUT2D eigenvalue weighted by Gasteiger charge is 2.08. The zero-order valence-electron chi connectivity index (χ0n) is 12.5. The summed E-state index contributed by atoms with van der Waals surface area (Å²) >= 11 is 0. The zero-order chi connectivity index (χ0) is 17.4. The van der Waals surface area contributed by atoms with Gasteiger partial charge in [-0.05, 0) is 23.8 Å². The second-order valence-corrected chi connectivity index (χ2v) is 4.67. The minimum Gasteiger partial charge on any atom is -0.484 e. The van der Waals surface area contributed by atoms with Crippen LogP contribution in [0.5, 0.6) is 5.75 Å². The van der Waals surface area contributed by atoms with Gasteiger partial charge in [0.25, 0.3) is 11.6 Å². The van der Waals surface area contributed by atoms with Gasteiger partial charge in [-0.1, -0.05) is 6.07 Å². The van der Waals surface area contributed by atoms with Gasteiger partial charge in [0.1, 0.15) is 5.75 Å². The van der Waals surface area contributed by atoms with E-state index in [4.69, 9.17) is 4.74 Å². The van der Waals surface area contributed by atoms with Crippen LogP contribution in [-0.2, 0) is 16.0 Å².